The standard InChI is InChI=1S/C12H17ClO2/c1-10-4-3-5-11(2)12(10)15-9-8-14-7-6-13/h3-5H,6-9H2,1-2H3. The summed E-state index contributed by atoms with van der Waals surface area (Å²) < 4.78 is 10.9. The van der Waals surface area contributed by atoms with Gasteiger partial charge in [-0.15, -0.1) is 11.6 Å². The largest absolute Gasteiger partial charge is 0.491 e. The van der Waals surface area contributed by atoms with Crippen molar-refractivity contribution in [1.82, 2.24) is 0 Å². The zero-order valence-electron chi connectivity index (χ0n) is 9.25. The molecule has 0 unspecified atom stereocenters. The van der Waals surface area contributed by atoms with Crippen molar-refractivity contribution in [3.05, 3.63) is 29.3 Å². The third-order valence-corrected chi connectivity index (χ3v) is 2.26. The molecule has 2 nitrogen and oxygen atoms in total. The number of benzene rings is 1. The highest BCUT2D eigenvalue weighted by Gasteiger charge is 2.02. The molecule has 0 N–H and O–H groups in total. The molecule has 0 spiro atoms. The number of hydrogen-bond donors (Lipinski definition) is 0. The van der Waals surface area contributed by atoms with Crippen LogP contribution in [0.2, 0.25) is 0 Å². The van der Waals surface area contributed by atoms with E-state index in [2.05, 4.69) is 0 Å². The molecule has 0 heterocycles. The van der Waals surface area contributed by atoms with Gasteiger partial charge in [0, 0.05) is 5.88 Å². The van der Waals surface area contributed by atoms with E-state index in [-0.39, 0.29) is 0 Å². The molecule has 0 fully saturated rings. The molecule has 0 radical (unpaired) electrons. The summed E-state index contributed by atoms with van der Waals surface area (Å²) in [5, 5.41) is 0. The van der Waals surface area contributed by atoms with E-state index in [4.69, 9.17) is 21.1 Å². The van der Waals surface area contributed by atoms with Crippen molar-refractivity contribution in [2.75, 3.05) is 25.7 Å². The molecule has 1 aromatic rings. The van der Waals surface area contributed by atoms with E-state index in [1.54, 1.807) is 0 Å². The maximum Gasteiger partial charge on any atom is 0.125 e. The normalized spacial score (nSPS) is 10.3. The van der Waals surface area contributed by atoms with E-state index < -0.39 is 0 Å². The smallest absolute Gasteiger partial charge is 0.125 e. The molecule has 1 rings (SSSR count). The summed E-state index contributed by atoms with van der Waals surface area (Å²) >= 11 is 5.48. The van der Waals surface area contributed by atoms with Crippen LogP contribution in [0.4, 0.5) is 0 Å². The third-order valence-electron chi connectivity index (χ3n) is 2.10. The minimum atomic E-state index is 0.531. The Hall–Kier alpha value is -0.730. The molecule has 0 aliphatic rings. The summed E-state index contributed by atoms with van der Waals surface area (Å²) in [6.45, 7) is 5.82. The zero-order valence-corrected chi connectivity index (χ0v) is 10.0. The van der Waals surface area contributed by atoms with Crippen molar-refractivity contribution < 1.29 is 9.47 Å². The van der Waals surface area contributed by atoms with Crippen LogP contribution in [0.15, 0.2) is 18.2 Å². The van der Waals surface area contributed by atoms with Gasteiger partial charge in [-0.1, -0.05) is 18.2 Å². The van der Waals surface area contributed by atoms with Gasteiger partial charge in [-0.3, -0.25) is 0 Å². The molecular weight excluding hydrogens is 212 g/mol. The van der Waals surface area contributed by atoms with E-state index in [0.29, 0.717) is 25.7 Å². The van der Waals surface area contributed by atoms with Crippen LogP contribution >= 0.6 is 11.6 Å². The number of alkyl halides is 1. The molecule has 0 aliphatic carbocycles. The van der Waals surface area contributed by atoms with Gasteiger partial charge in [-0.05, 0) is 25.0 Å². The Kier molecular flexibility index (Phi) is 5.51. The SMILES string of the molecule is Cc1cccc(C)c1OCCOCCCl. The van der Waals surface area contributed by atoms with Gasteiger partial charge in [-0.2, -0.15) is 0 Å². The van der Waals surface area contributed by atoms with E-state index in [1.165, 1.54) is 0 Å². The molecule has 15 heavy (non-hydrogen) atoms. The third kappa shape index (κ3) is 4.10. The highest BCUT2D eigenvalue weighted by molar-refractivity contribution is 6.17. The predicted molar refractivity (Wildman–Crippen MR) is 63.0 cm³/mol. The highest BCUT2D eigenvalue weighted by atomic mass is 35.5. The summed E-state index contributed by atoms with van der Waals surface area (Å²) in [6.07, 6.45) is 0. The van der Waals surface area contributed by atoms with Gasteiger partial charge in [0.05, 0.1) is 13.2 Å². The first-order valence-corrected chi connectivity index (χ1v) is 5.62. The van der Waals surface area contributed by atoms with Crippen molar-refractivity contribution in [2.24, 2.45) is 0 Å². The second-order valence-corrected chi connectivity index (χ2v) is 3.75. The number of aryl methyl sites for hydroxylation is 2. The lowest BCUT2D eigenvalue weighted by molar-refractivity contribution is 0.111. The minimum Gasteiger partial charge on any atom is -0.491 e. The first kappa shape index (κ1) is 12.3. The fraction of sp³-hybridized carbons (Fsp3) is 0.500. The lowest BCUT2D eigenvalue weighted by Gasteiger charge is -2.11. The van der Waals surface area contributed by atoms with Crippen molar-refractivity contribution in [3.63, 3.8) is 0 Å². The second kappa shape index (κ2) is 6.70. The van der Waals surface area contributed by atoms with Crippen LogP contribution in [-0.2, 0) is 4.74 Å². The topological polar surface area (TPSA) is 18.5 Å². The van der Waals surface area contributed by atoms with Crippen LogP contribution in [0.1, 0.15) is 11.1 Å². The lowest BCUT2D eigenvalue weighted by atomic mass is 10.1. The van der Waals surface area contributed by atoms with Crippen LogP contribution in [0, 0.1) is 13.8 Å². The van der Waals surface area contributed by atoms with Gasteiger partial charge in [-0.25, -0.2) is 0 Å². The molecule has 0 aliphatic heterocycles. The highest BCUT2D eigenvalue weighted by Crippen LogP contribution is 2.21. The number of ether oxygens (including phenoxy) is 2. The maximum absolute atomic E-state index is 5.65. The van der Waals surface area contributed by atoms with E-state index in [0.717, 1.165) is 16.9 Å². The Balaban J connectivity index is 2.37. The molecule has 84 valence electrons. The Morgan fingerprint density at radius 2 is 1.73 bits per heavy atom. The van der Waals surface area contributed by atoms with Crippen LogP contribution in [0.25, 0.3) is 0 Å². The number of rotatable bonds is 6. The molecule has 0 atom stereocenters. The van der Waals surface area contributed by atoms with Crippen LogP contribution < -0.4 is 4.74 Å². The lowest BCUT2D eigenvalue weighted by Crippen LogP contribution is -2.09. The summed E-state index contributed by atoms with van der Waals surface area (Å²) in [5.41, 5.74) is 2.32. The van der Waals surface area contributed by atoms with Crippen LogP contribution in [0.3, 0.4) is 0 Å². The fourth-order valence-corrected chi connectivity index (χ4v) is 1.50. The van der Waals surface area contributed by atoms with E-state index in [9.17, 15) is 0 Å². The molecule has 0 bridgehead atoms. The van der Waals surface area contributed by atoms with Crippen molar-refractivity contribution in [1.29, 1.82) is 0 Å². The Morgan fingerprint density at radius 1 is 1.07 bits per heavy atom. The van der Waals surface area contributed by atoms with Gasteiger partial charge in [0.1, 0.15) is 12.4 Å². The zero-order chi connectivity index (χ0) is 11.1. The van der Waals surface area contributed by atoms with Crippen molar-refractivity contribution in [3.8, 4) is 5.75 Å². The van der Waals surface area contributed by atoms with Gasteiger partial charge in [0.2, 0.25) is 0 Å². The molecule has 0 aromatic heterocycles. The summed E-state index contributed by atoms with van der Waals surface area (Å²) in [7, 11) is 0. The van der Waals surface area contributed by atoms with Gasteiger partial charge < -0.3 is 9.47 Å². The average Bonchev–Trinajstić information content (AvgIpc) is 2.21. The van der Waals surface area contributed by atoms with E-state index >= 15 is 0 Å². The summed E-state index contributed by atoms with van der Waals surface area (Å²) in [5.74, 6) is 1.50. The van der Waals surface area contributed by atoms with E-state index in [1.807, 2.05) is 32.0 Å². The Morgan fingerprint density at radius 3 is 2.33 bits per heavy atom. The molecule has 0 saturated carbocycles. The van der Waals surface area contributed by atoms with Gasteiger partial charge in [0.25, 0.3) is 0 Å². The van der Waals surface area contributed by atoms with Crippen molar-refractivity contribution >= 4 is 11.6 Å². The van der Waals surface area contributed by atoms with Crippen LogP contribution in [-0.4, -0.2) is 25.7 Å². The minimum absolute atomic E-state index is 0.531. The number of halogens is 1. The Bertz CT molecular complexity index is 279. The fourth-order valence-electron chi connectivity index (χ4n) is 1.39. The van der Waals surface area contributed by atoms with Crippen molar-refractivity contribution in [2.45, 2.75) is 13.8 Å². The monoisotopic (exact) mass is 228 g/mol. The quantitative estimate of drug-likeness (QED) is 0.551. The Labute approximate surface area is 96.2 Å². The molecular formula is C12H17ClO2. The summed E-state index contributed by atoms with van der Waals surface area (Å²) in [4.78, 5) is 0. The van der Waals surface area contributed by atoms with Gasteiger partial charge >= 0.3 is 0 Å². The first-order chi connectivity index (χ1) is 7.25. The van der Waals surface area contributed by atoms with Crippen LogP contribution in [0.5, 0.6) is 5.75 Å². The molecule has 3 heteroatoms. The summed E-state index contributed by atoms with van der Waals surface area (Å²) in [6, 6.07) is 6.12. The second-order valence-electron chi connectivity index (χ2n) is 3.37. The molecule has 0 saturated heterocycles. The first-order valence-electron chi connectivity index (χ1n) is 5.08. The molecule has 1 aromatic carbocycles. The average molecular weight is 229 g/mol. The number of para-hydroxylation sites is 1. The maximum atomic E-state index is 5.65. The predicted octanol–water partition coefficient (Wildman–Crippen LogP) is 2.94. The number of hydrogen-bond acceptors (Lipinski definition) is 2. The molecule has 0 amide bonds. The van der Waals surface area contributed by atoms with Gasteiger partial charge in [0.15, 0.2) is 0 Å².